The number of hydrogen-bond acceptors (Lipinski definition) is 6. The molecule has 1 aliphatic heterocycles. The summed E-state index contributed by atoms with van der Waals surface area (Å²) < 4.78 is 6.33. The smallest absolute Gasteiger partial charge is 0.408 e. The van der Waals surface area contributed by atoms with Gasteiger partial charge in [-0.15, -0.1) is 0 Å². The maximum absolute atomic E-state index is 12.5. The van der Waals surface area contributed by atoms with Crippen LogP contribution in [0.15, 0.2) is 27.4 Å². The molecule has 1 unspecified atom stereocenters. The number of carbonyl (C=O) groups excluding carboxylic acids is 1. The molecule has 3 N–H and O–H groups in total. The van der Waals surface area contributed by atoms with Crippen molar-refractivity contribution in [1.82, 2.24) is 14.8 Å². The average Bonchev–Trinajstić information content (AvgIpc) is 2.89. The molecule has 0 aliphatic carbocycles. The summed E-state index contributed by atoms with van der Waals surface area (Å²) >= 11 is 0. The first-order valence-corrected chi connectivity index (χ1v) is 7.52. The van der Waals surface area contributed by atoms with Crippen LogP contribution in [0.5, 0.6) is 0 Å². The van der Waals surface area contributed by atoms with Crippen LogP contribution in [0.1, 0.15) is 10.4 Å². The molecule has 1 aromatic carbocycles. The molecule has 1 aliphatic rings. The number of nitrogens with zero attached hydrogens (tertiary/aromatic N) is 2. The molecule has 1 atom stereocenters. The normalized spacial score (nSPS) is 16.7. The van der Waals surface area contributed by atoms with E-state index in [4.69, 9.17) is 9.52 Å². The molecule has 2 heterocycles. The zero-order valence-corrected chi connectivity index (χ0v) is 12.6. The highest BCUT2D eigenvalue weighted by molar-refractivity contribution is 5.97. The van der Waals surface area contributed by atoms with Crippen molar-refractivity contribution >= 4 is 17.0 Å². The Bertz CT molecular complexity index is 760. The monoisotopic (exact) mass is 321 g/mol. The van der Waals surface area contributed by atoms with Gasteiger partial charge in [0.2, 0.25) is 0 Å². The van der Waals surface area contributed by atoms with Gasteiger partial charge in [-0.3, -0.25) is 9.36 Å². The summed E-state index contributed by atoms with van der Waals surface area (Å²) in [5, 5.41) is 21.7. The van der Waals surface area contributed by atoms with Crippen molar-refractivity contribution < 1.29 is 19.4 Å². The maximum atomic E-state index is 12.5. The Morgan fingerprint density at radius 2 is 2.09 bits per heavy atom. The minimum Gasteiger partial charge on any atom is -0.408 e. The van der Waals surface area contributed by atoms with Crippen LogP contribution >= 0.6 is 0 Å². The number of aliphatic hydroxyl groups is 2. The van der Waals surface area contributed by atoms with Crippen LogP contribution in [-0.2, 0) is 6.54 Å². The fourth-order valence-corrected chi connectivity index (χ4v) is 2.69. The van der Waals surface area contributed by atoms with E-state index in [0.717, 1.165) is 13.1 Å². The fourth-order valence-electron chi connectivity index (χ4n) is 2.69. The molecule has 3 rings (SSSR count). The molecule has 1 amide bonds. The number of carbonyl (C=O) groups is 1. The quantitative estimate of drug-likeness (QED) is 0.666. The number of hydrogen-bond donors (Lipinski definition) is 3. The first-order valence-electron chi connectivity index (χ1n) is 7.52. The molecule has 0 bridgehead atoms. The molecule has 0 saturated carbocycles. The van der Waals surface area contributed by atoms with E-state index in [9.17, 15) is 14.7 Å². The second-order valence-electron chi connectivity index (χ2n) is 5.54. The summed E-state index contributed by atoms with van der Waals surface area (Å²) in [7, 11) is 0. The van der Waals surface area contributed by atoms with Crippen LogP contribution in [0.25, 0.3) is 11.1 Å². The van der Waals surface area contributed by atoms with Crippen LogP contribution in [0, 0.1) is 0 Å². The predicted octanol–water partition coefficient (Wildman–Crippen LogP) is -1.01. The zero-order valence-electron chi connectivity index (χ0n) is 12.6. The van der Waals surface area contributed by atoms with Gasteiger partial charge in [-0.25, -0.2) is 4.79 Å². The van der Waals surface area contributed by atoms with E-state index in [-0.39, 0.29) is 12.5 Å². The lowest BCUT2D eigenvalue weighted by Gasteiger charge is -2.27. The number of piperazine rings is 1. The summed E-state index contributed by atoms with van der Waals surface area (Å²) in [6, 6.07) is 4.80. The number of rotatable bonds is 4. The Morgan fingerprint density at radius 3 is 2.78 bits per heavy atom. The fraction of sp³-hybridized carbons (Fsp3) is 0.467. The van der Waals surface area contributed by atoms with Gasteiger partial charge in [0.05, 0.1) is 24.8 Å². The van der Waals surface area contributed by atoms with Crippen LogP contribution in [-0.4, -0.2) is 64.5 Å². The van der Waals surface area contributed by atoms with Crippen molar-refractivity contribution in [2.75, 3.05) is 32.8 Å². The SMILES string of the molecule is O=C(c1ccc2oc(=O)n(CC(O)CO)c2c1)N1CCNCC1. The Kier molecular flexibility index (Phi) is 4.46. The first-order chi connectivity index (χ1) is 11.1. The molecule has 0 spiro atoms. The summed E-state index contributed by atoms with van der Waals surface area (Å²) in [6.07, 6.45) is -1.07. The number of benzene rings is 1. The van der Waals surface area contributed by atoms with Gasteiger partial charge in [-0.05, 0) is 18.2 Å². The van der Waals surface area contributed by atoms with Gasteiger partial charge in [0.1, 0.15) is 0 Å². The summed E-state index contributed by atoms with van der Waals surface area (Å²) in [6.45, 7) is 2.24. The van der Waals surface area contributed by atoms with Gasteiger partial charge in [0, 0.05) is 31.7 Å². The van der Waals surface area contributed by atoms with Crippen molar-refractivity contribution in [1.29, 1.82) is 0 Å². The van der Waals surface area contributed by atoms with E-state index in [2.05, 4.69) is 5.32 Å². The van der Waals surface area contributed by atoms with E-state index >= 15 is 0 Å². The minimum absolute atomic E-state index is 0.0897. The molecule has 8 nitrogen and oxygen atoms in total. The molecule has 124 valence electrons. The van der Waals surface area contributed by atoms with Gasteiger partial charge < -0.3 is 24.8 Å². The maximum Gasteiger partial charge on any atom is 0.420 e. The minimum atomic E-state index is -1.07. The van der Waals surface area contributed by atoms with E-state index in [1.165, 1.54) is 4.57 Å². The lowest BCUT2D eigenvalue weighted by Crippen LogP contribution is -2.46. The lowest BCUT2D eigenvalue weighted by molar-refractivity contribution is 0.0736. The molecular weight excluding hydrogens is 302 g/mol. The second kappa shape index (κ2) is 6.53. The molecule has 1 aromatic heterocycles. The highest BCUT2D eigenvalue weighted by atomic mass is 16.4. The summed E-state index contributed by atoms with van der Waals surface area (Å²) in [5.74, 6) is -0.726. The third-order valence-corrected chi connectivity index (χ3v) is 3.92. The van der Waals surface area contributed by atoms with Crippen LogP contribution < -0.4 is 11.1 Å². The first kappa shape index (κ1) is 15.7. The van der Waals surface area contributed by atoms with E-state index in [0.29, 0.717) is 29.8 Å². The van der Waals surface area contributed by atoms with Crippen LogP contribution in [0.2, 0.25) is 0 Å². The highest BCUT2D eigenvalue weighted by Crippen LogP contribution is 2.17. The second-order valence-corrected chi connectivity index (χ2v) is 5.54. The lowest BCUT2D eigenvalue weighted by atomic mass is 10.1. The van der Waals surface area contributed by atoms with Crippen molar-refractivity contribution in [3.05, 3.63) is 34.3 Å². The average molecular weight is 321 g/mol. The van der Waals surface area contributed by atoms with E-state index in [1.54, 1.807) is 23.1 Å². The number of oxazole rings is 1. The van der Waals surface area contributed by atoms with Gasteiger partial charge in [0.25, 0.3) is 5.91 Å². The third kappa shape index (κ3) is 3.14. The molecule has 8 heteroatoms. The van der Waals surface area contributed by atoms with Gasteiger partial charge >= 0.3 is 5.76 Å². The van der Waals surface area contributed by atoms with Gasteiger partial charge in [0.15, 0.2) is 5.58 Å². The predicted molar refractivity (Wildman–Crippen MR) is 82.3 cm³/mol. The number of nitrogens with one attached hydrogen (secondary N) is 1. The Labute approximate surface area is 131 Å². The molecule has 0 radical (unpaired) electrons. The molecule has 23 heavy (non-hydrogen) atoms. The van der Waals surface area contributed by atoms with Crippen molar-refractivity contribution in [3.8, 4) is 0 Å². The largest absolute Gasteiger partial charge is 0.420 e. The van der Waals surface area contributed by atoms with Gasteiger partial charge in [-0.1, -0.05) is 0 Å². The van der Waals surface area contributed by atoms with Gasteiger partial charge in [-0.2, -0.15) is 0 Å². The van der Waals surface area contributed by atoms with Crippen molar-refractivity contribution in [2.24, 2.45) is 0 Å². The standard InChI is InChI=1S/C15H19N3O5/c19-9-11(20)8-18-12-7-10(1-2-13(12)23-15(18)22)14(21)17-5-3-16-4-6-17/h1-2,7,11,16,19-20H,3-6,8-9H2. The number of aliphatic hydroxyl groups excluding tert-OH is 2. The molecule has 1 saturated heterocycles. The summed E-state index contributed by atoms with van der Waals surface area (Å²) in [5.41, 5.74) is 1.24. The summed E-state index contributed by atoms with van der Waals surface area (Å²) in [4.78, 5) is 26.2. The molecular formula is C15H19N3O5. The van der Waals surface area contributed by atoms with Crippen LogP contribution in [0.4, 0.5) is 0 Å². The third-order valence-electron chi connectivity index (χ3n) is 3.92. The molecule has 1 fully saturated rings. The van der Waals surface area contributed by atoms with Crippen molar-refractivity contribution in [3.63, 3.8) is 0 Å². The Balaban J connectivity index is 1.95. The van der Waals surface area contributed by atoms with E-state index in [1.807, 2.05) is 0 Å². The van der Waals surface area contributed by atoms with Crippen molar-refractivity contribution in [2.45, 2.75) is 12.6 Å². The highest BCUT2D eigenvalue weighted by Gasteiger charge is 2.20. The molecule has 2 aromatic rings. The number of aromatic nitrogens is 1. The Hall–Kier alpha value is -2.16. The topological polar surface area (TPSA) is 108 Å². The number of amides is 1. The number of fused-ring (bicyclic) bond motifs is 1. The van der Waals surface area contributed by atoms with Crippen LogP contribution in [0.3, 0.4) is 0 Å². The van der Waals surface area contributed by atoms with E-state index < -0.39 is 18.5 Å². The Morgan fingerprint density at radius 1 is 1.35 bits per heavy atom. The zero-order chi connectivity index (χ0) is 16.4.